The van der Waals surface area contributed by atoms with Crippen LogP contribution in [0.2, 0.25) is 0 Å². The topological polar surface area (TPSA) is 135 Å². The first kappa shape index (κ1) is 26.9. The largest absolute Gasteiger partial charge is 0.474 e. The zero-order valence-electron chi connectivity index (χ0n) is 25.2. The third kappa shape index (κ3) is 3.73. The molecule has 2 N–H and O–H groups in total. The predicted molar refractivity (Wildman–Crippen MR) is 165 cm³/mol. The molecule has 43 heavy (non-hydrogen) atoms. The second kappa shape index (κ2) is 9.66. The molecule has 12 heteroatoms. The van der Waals surface area contributed by atoms with Crippen molar-refractivity contribution < 1.29 is 9.26 Å². The van der Waals surface area contributed by atoms with Crippen molar-refractivity contribution in [3.63, 3.8) is 0 Å². The van der Waals surface area contributed by atoms with Gasteiger partial charge in [0.2, 0.25) is 5.88 Å². The fraction of sp³-hybridized carbons (Fsp3) is 0.581. The zero-order valence-corrected chi connectivity index (χ0v) is 26.0. The highest BCUT2D eigenvalue weighted by molar-refractivity contribution is 7.16. The molecule has 1 spiro atoms. The van der Waals surface area contributed by atoms with E-state index in [2.05, 4.69) is 43.8 Å². The van der Waals surface area contributed by atoms with E-state index in [1.165, 1.54) is 11.3 Å². The number of hydrogen-bond acceptors (Lipinski definition) is 11. The van der Waals surface area contributed by atoms with Crippen molar-refractivity contribution in [2.24, 2.45) is 0 Å². The summed E-state index contributed by atoms with van der Waals surface area (Å²) in [5, 5.41) is 21.2. The number of nitriles is 1. The number of hydrogen-bond donors (Lipinski definition) is 1. The summed E-state index contributed by atoms with van der Waals surface area (Å²) in [7, 11) is 4.25. The number of likely N-dealkylation sites (N-methyl/N-ethyl adjacent to an activating group) is 2. The lowest BCUT2D eigenvalue weighted by Gasteiger charge is -2.39. The fourth-order valence-electron chi connectivity index (χ4n) is 8.18. The molecule has 11 nitrogen and oxygen atoms in total. The van der Waals surface area contributed by atoms with Gasteiger partial charge in [0.05, 0.1) is 23.1 Å². The Hall–Kier alpha value is -3.69. The highest BCUT2D eigenvalue weighted by Crippen LogP contribution is 2.55. The van der Waals surface area contributed by atoms with Crippen LogP contribution in [-0.2, 0) is 18.3 Å². The SMILES string of the molecule is CC1COc2nn(C(C)C3CCCN3C)c3nc(-c4noc5c4CCCC54CCCc5sc(N)c(C#N)c54)nc(c23)N1C. The zero-order chi connectivity index (χ0) is 29.6. The minimum absolute atomic E-state index is 0.105. The first-order chi connectivity index (χ1) is 20.8. The third-order valence-electron chi connectivity index (χ3n) is 10.5. The number of thiophene rings is 1. The van der Waals surface area contributed by atoms with Gasteiger partial charge in [-0.1, -0.05) is 5.16 Å². The smallest absolute Gasteiger partial charge is 0.246 e. The van der Waals surface area contributed by atoms with Gasteiger partial charge in [0, 0.05) is 23.5 Å². The summed E-state index contributed by atoms with van der Waals surface area (Å²) < 4.78 is 14.6. The fourth-order valence-corrected chi connectivity index (χ4v) is 9.34. The summed E-state index contributed by atoms with van der Waals surface area (Å²) in [6.45, 7) is 5.96. The number of anilines is 2. The highest BCUT2D eigenvalue weighted by atomic mass is 32.1. The van der Waals surface area contributed by atoms with E-state index in [0.717, 1.165) is 85.2 Å². The molecule has 2 aliphatic carbocycles. The van der Waals surface area contributed by atoms with Crippen molar-refractivity contribution in [2.45, 2.75) is 88.8 Å². The predicted octanol–water partition coefficient (Wildman–Crippen LogP) is 4.83. The molecule has 6 heterocycles. The summed E-state index contributed by atoms with van der Waals surface area (Å²) in [5.74, 6) is 2.80. The Balaban J connectivity index is 1.32. The number of ether oxygens (including phenoxy) is 1. The number of fused-ring (bicyclic) bond motifs is 4. The van der Waals surface area contributed by atoms with Crippen LogP contribution in [0.4, 0.5) is 10.8 Å². The lowest BCUT2D eigenvalue weighted by atomic mass is 9.63. The Morgan fingerprint density at radius 3 is 2.74 bits per heavy atom. The minimum atomic E-state index is -0.392. The molecule has 1 saturated heterocycles. The molecule has 224 valence electrons. The molecule has 4 aromatic heterocycles. The lowest BCUT2D eigenvalue weighted by molar-refractivity contribution is 0.225. The number of aryl methyl sites for hydroxylation is 1. The van der Waals surface area contributed by atoms with E-state index in [1.54, 1.807) is 11.3 Å². The Kier molecular flexibility index (Phi) is 6.04. The van der Waals surface area contributed by atoms with Crippen molar-refractivity contribution in [1.29, 1.82) is 5.26 Å². The molecule has 8 rings (SSSR count). The number of rotatable bonds is 3. The molecule has 0 saturated carbocycles. The second-order valence-electron chi connectivity index (χ2n) is 12.9. The van der Waals surface area contributed by atoms with Crippen LogP contribution in [0, 0.1) is 11.3 Å². The molecule has 0 aromatic carbocycles. The van der Waals surface area contributed by atoms with E-state index < -0.39 is 5.41 Å². The van der Waals surface area contributed by atoms with Crippen LogP contribution in [0.1, 0.15) is 85.7 Å². The highest BCUT2D eigenvalue weighted by Gasteiger charge is 2.49. The van der Waals surface area contributed by atoms with Gasteiger partial charge in [-0.2, -0.15) is 5.26 Å². The van der Waals surface area contributed by atoms with Crippen LogP contribution >= 0.6 is 11.3 Å². The number of aromatic nitrogens is 5. The van der Waals surface area contributed by atoms with Gasteiger partial charge >= 0.3 is 0 Å². The summed E-state index contributed by atoms with van der Waals surface area (Å²) in [6.07, 6.45) is 7.89. The van der Waals surface area contributed by atoms with Gasteiger partial charge in [-0.15, -0.1) is 16.4 Å². The molecule has 1 fully saturated rings. The summed E-state index contributed by atoms with van der Waals surface area (Å²) in [4.78, 5) is 16.1. The maximum atomic E-state index is 10.1. The van der Waals surface area contributed by atoms with E-state index in [9.17, 15) is 5.26 Å². The average Bonchev–Trinajstić information content (AvgIpc) is 3.77. The third-order valence-corrected chi connectivity index (χ3v) is 11.6. The normalized spacial score (nSPS) is 25.8. The number of nitrogen functional groups attached to an aromatic ring is 1. The minimum Gasteiger partial charge on any atom is -0.474 e. The molecular formula is C31H37N9O2S. The van der Waals surface area contributed by atoms with Gasteiger partial charge in [-0.05, 0) is 84.4 Å². The summed E-state index contributed by atoms with van der Waals surface area (Å²) >= 11 is 1.56. The second-order valence-corrected chi connectivity index (χ2v) is 14.0. The van der Waals surface area contributed by atoms with E-state index >= 15 is 0 Å². The molecule has 0 amide bonds. The van der Waals surface area contributed by atoms with Crippen molar-refractivity contribution in [1.82, 2.24) is 29.8 Å². The van der Waals surface area contributed by atoms with Crippen LogP contribution in [0.5, 0.6) is 5.88 Å². The van der Waals surface area contributed by atoms with Crippen LogP contribution in [0.15, 0.2) is 4.52 Å². The summed E-state index contributed by atoms with van der Waals surface area (Å²) in [5.41, 5.74) is 10.2. The first-order valence-corrected chi connectivity index (χ1v) is 16.3. The molecule has 0 bridgehead atoms. The van der Waals surface area contributed by atoms with E-state index in [0.29, 0.717) is 40.6 Å². The maximum Gasteiger partial charge on any atom is 0.246 e. The van der Waals surface area contributed by atoms with Crippen LogP contribution < -0.4 is 15.4 Å². The number of nitrogens with zero attached hydrogens (tertiary/aromatic N) is 8. The van der Waals surface area contributed by atoms with Gasteiger partial charge in [0.15, 0.2) is 22.9 Å². The molecule has 4 aromatic rings. The van der Waals surface area contributed by atoms with E-state index in [-0.39, 0.29) is 12.1 Å². The molecular weight excluding hydrogens is 562 g/mol. The van der Waals surface area contributed by atoms with Gasteiger partial charge in [0.1, 0.15) is 28.9 Å². The van der Waals surface area contributed by atoms with Crippen molar-refractivity contribution in [2.75, 3.05) is 37.9 Å². The number of nitrogens with two attached hydrogens (primary N) is 1. The van der Waals surface area contributed by atoms with Crippen LogP contribution in [0.3, 0.4) is 0 Å². The van der Waals surface area contributed by atoms with Crippen molar-refractivity contribution in [3.8, 4) is 23.5 Å². The monoisotopic (exact) mass is 599 g/mol. The molecule has 2 aliphatic heterocycles. The van der Waals surface area contributed by atoms with Gasteiger partial charge in [-0.25, -0.2) is 14.6 Å². The molecule has 0 radical (unpaired) electrons. The molecule has 4 atom stereocenters. The van der Waals surface area contributed by atoms with Gasteiger partial charge in [-0.3, -0.25) is 0 Å². The first-order valence-electron chi connectivity index (χ1n) is 15.5. The maximum absolute atomic E-state index is 10.1. The van der Waals surface area contributed by atoms with Gasteiger partial charge in [0.25, 0.3) is 0 Å². The Labute approximate surface area is 254 Å². The van der Waals surface area contributed by atoms with Crippen LogP contribution in [0.25, 0.3) is 22.6 Å². The van der Waals surface area contributed by atoms with E-state index in [4.69, 9.17) is 35.2 Å². The Morgan fingerprint density at radius 2 is 1.98 bits per heavy atom. The standard InChI is InChI=1S/C31H37N9O2S/c1-16-15-41-30-22-28(39(16)4)34-27(35-29(22)40(36-30)17(2)20-9-7-13-38(20)3)24-18-8-5-11-31(25(18)42-37-24)12-6-10-21-23(31)19(14-32)26(33)43-21/h16-17,20H,5-13,15,33H2,1-4H3. The van der Waals surface area contributed by atoms with Gasteiger partial charge < -0.3 is 24.8 Å². The van der Waals surface area contributed by atoms with Crippen molar-refractivity contribution >= 4 is 33.2 Å². The Bertz CT molecular complexity index is 1800. The molecule has 4 aliphatic rings. The lowest BCUT2D eigenvalue weighted by Crippen LogP contribution is -2.35. The number of likely N-dealkylation sites (tertiary alicyclic amines) is 1. The molecule has 4 unspecified atom stereocenters. The van der Waals surface area contributed by atoms with E-state index in [1.807, 2.05) is 4.68 Å². The van der Waals surface area contributed by atoms with Crippen LogP contribution in [-0.4, -0.2) is 69.1 Å². The summed E-state index contributed by atoms with van der Waals surface area (Å²) in [6, 6.07) is 2.99. The quantitative estimate of drug-likeness (QED) is 0.349. The Morgan fingerprint density at radius 1 is 1.16 bits per heavy atom. The average molecular weight is 600 g/mol. The van der Waals surface area contributed by atoms with Crippen molar-refractivity contribution in [3.05, 3.63) is 27.3 Å².